The number of nitrogens with one attached hydrogen (secondary N) is 1. The second-order valence-electron chi connectivity index (χ2n) is 5.77. The van der Waals surface area contributed by atoms with Gasteiger partial charge in [-0.2, -0.15) is 0 Å². The van der Waals surface area contributed by atoms with Gasteiger partial charge in [0, 0.05) is 5.69 Å². The molecule has 116 valence electrons. The van der Waals surface area contributed by atoms with Gasteiger partial charge in [0.1, 0.15) is 5.75 Å². The summed E-state index contributed by atoms with van der Waals surface area (Å²) in [5.74, 6) is 0.609. The Morgan fingerprint density at radius 3 is 2.50 bits per heavy atom. The number of hydrogen-bond donors (Lipinski definition) is 1. The van der Waals surface area contributed by atoms with Crippen molar-refractivity contribution in [3.05, 3.63) is 58.7 Å². The fourth-order valence-electron chi connectivity index (χ4n) is 2.20. The third-order valence-electron chi connectivity index (χ3n) is 3.88. The molecule has 3 heteroatoms. The van der Waals surface area contributed by atoms with Crippen LogP contribution in [0, 0.1) is 27.7 Å². The van der Waals surface area contributed by atoms with E-state index >= 15 is 0 Å². The maximum atomic E-state index is 12.3. The summed E-state index contributed by atoms with van der Waals surface area (Å²) in [5, 5.41) is 2.94. The monoisotopic (exact) mass is 297 g/mol. The molecule has 2 aromatic carbocycles. The van der Waals surface area contributed by atoms with Gasteiger partial charge in [0.2, 0.25) is 0 Å². The van der Waals surface area contributed by atoms with E-state index in [-0.39, 0.29) is 5.91 Å². The predicted molar refractivity (Wildman–Crippen MR) is 90.6 cm³/mol. The van der Waals surface area contributed by atoms with Crippen LogP contribution in [0.25, 0.3) is 0 Å². The molecule has 1 atom stereocenters. The Bertz CT molecular complexity index is 692. The van der Waals surface area contributed by atoms with E-state index in [1.807, 2.05) is 64.1 Å². The minimum atomic E-state index is -0.555. The Kier molecular flexibility index (Phi) is 4.86. The maximum Gasteiger partial charge on any atom is 0.265 e. The van der Waals surface area contributed by atoms with Gasteiger partial charge in [0.25, 0.3) is 5.91 Å². The van der Waals surface area contributed by atoms with Crippen LogP contribution in [0.15, 0.2) is 36.4 Å². The molecule has 0 spiro atoms. The van der Waals surface area contributed by atoms with Crippen molar-refractivity contribution in [2.45, 2.75) is 40.7 Å². The standard InChI is InChI=1S/C19H23NO2/c1-12-9-10-14(3)18(11-12)22-16(5)19(21)20-17-8-6-7-13(2)15(17)4/h6-11,16H,1-5H3,(H,20,21). The largest absolute Gasteiger partial charge is 0.481 e. The van der Waals surface area contributed by atoms with Gasteiger partial charge in [-0.15, -0.1) is 0 Å². The Hall–Kier alpha value is -2.29. The first-order valence-corrected chi connectivity index (χ1v) is 7.49. The third kappa shape index (κ3) is 3.67. The predicted octanol–water partition coefficient (Wildman–Crippen LogP) is 4.33. The van der Waals surface area contributed by atoms with Crippen molar-refractivity contribution in [3.8, 4) is 5.75 Å². The normalized spacial score (nSPS) is 11.9. The molecular weight excluding hydrogens is 274 g/mol. The number of anilines is 1. The highest BCUT2D eigenvalue weighted by Gasteiger charge is 2.17. The van der Waals surface area contributed by atoms with Crippen LogP contribution in [0.5, 0.6) is 5.75 Å². The summed E-state index contributed by atoms with van der Waals surface area (Å²) in [4.78, 5) is 12.3. The van der Waals surface area contributed by atoms with Crippen LogP contribution in [0.1, 0.15) is 29.2 Å². The van der Waals surface area contributed by atoms with E-state index in [1.54, 1.807) is 6.92 Å². The fourth-order valence-corrected chi connectivity index (χ4v) is 2.20. The molecule has 0 heterocycles. The van der Waals surface area contributed by atoms with Gasteiger partial charge >= 0.3 is 0 Å². The van der Waals surface area contributed by atoms with E-state index < -0.39 is 6.10 Å². The summed E-state index contributed by atoms with van der Waals surface area (Å²) in [7, 11) is 0. The molecule has 1 N–H and O–H groups in total. The van der Waals surface area contributed by atoms with E-state index in [2.05, 4.69) is 5.32 Å². The van der Waals surface area contributed by atoms with Crippen molar-refractivity contribution in [3.63, 3.8) is 0 Å². The number of carbonyl (C=O) groups is 1. The molecule has 3 nitrogen and oxygen atoms in total. The number of carbonyl (C=O) groups excluding carboxylic acids is 1. The highest BCUT2D eigenvalue weighted by Crippen LogP contribution is 2.22. The summed E-state index contributed by atoms with van der Waals surface area (Å²) in [6.45, 7) is 9.78. The van der Waals surface area contributed by atoms with Crippen LogP contribution in [0.3, 0.4) is 0 Å². The first-order valence-electron chi connectivity index (χ1n) is 7.49. The van der Waals surface area contributed by atoms with Gasteiger partial charge in [-0.1, -0.05) is 24.3 Å². The fraction of sp³-hybridized carbons (Fsp3) is 0.316. The first kappa shape index (κ1) is 16.1. The lowest BCUT2D eigenvalue weighted by atomic mass is 10.1. The van der Waals surface area contributed by atoms with Gasteiger partial charge in [0.05, 0.1) is 0 Å². The summed E-state index contributed by atoms with van der Waals surface area (Å²) < 4.78 is 5.82. The van der Waals surface area contributed by atoms with E-state index in [1.165, 1.54) is 0 Å². The molecule has 2 rings (SSSR count). The molecule has 0 saturated carbocycles. The van der Waals surface area contributed by atoms with Crippen molar-refractivity contribution < 1.29 is 9.53 Å². The quantitative estimate of drug-likeness (QED) is 0.912. The van der Waals surface area contributed by atoms with Crippen molar-refractivity contribution in [2.75, 3.05) is 5.32 Å². The highest BCUT2D eigenvalue weighted by molar-refractivity contribution is 5.94. The van der Waals surface area contributed by atoms with Gasteiger partial charge in [-0.3, -0.25) is 4.79 Å². The summed E-state index contributed by atoms with van der Waals surface area (Å²) in [6, 6.07) is 11.9. The zero-order valence-electron chi connectivity index (χ0n) is 13.9. The van der Waals surface area contributed by atoms with Gasteiger partial charge in [0.15, 0.2) is 6.10 Å². The molecule has 0 aliphatic rings. The van der Waals surface area contributed by atoms with Crippen LogP contribution in [-0.4, -0.2) is 12.0 Å². The number of benzene rings is 2. The van der Waals surface area contributed by atoms with E-state index in [9.17, 15) is 4.79 Å². The van der Waals surface area contributed by atoms with E-state index in [4.69, 9.17) is 4.74 Å². The van der Waals surface area contributed by atoms with Crippen LogP contribution in [0.4, 0.5) is 5.69 Å². The molecule has 0 radical (unpaired) electrons. The zero-order chi connectivity index (χ0) is 16.3. The average Bonchev–Trinajstić information content (AvgIpc) is 2.47. The molecule has 0 aliphatic heterocycles. The number of rotatable bonds is 4. The lowest BCUT2D eigenvalue weighted by Crippen LogP contribution is -2.30. The number of hydrogen-bond acceptors (Lipinski definition) is 2. The Morgan fingerprint density at radius 1 is 1.05 bits per heavy atom. The molecule has 2 aromatic rings. The average molecular weight is 297 g/mol. The van der Waals surface area contributed by atoms with E-state index in [0.29, 0.717) is 0 Å². The Balaban J connectivity index is 2.09. The molecule has 0 saturated heterocycles. The van der Waals surface area contributed by atoms with Crippen molar-refractivity contribution in [2.24, 2.45) is 0 Å². The molecule has 1 unspecified atom stereocenters. The summed E-state index contributed by atoms with van der Waals surface area (Å²) >= 11 is 0. The van der Waals surface area contributed by atoms with Crippen molar-refractivity contribution in [1.82, 2.24) is 0 Å². The van der Waals surface area contributed by atoms with Gasteiger partial charge in [-0.05, 0) is 69.0 Å². The first-order chi connectivity index (χ1) is 10.4. The number of amides is 1. The third-order valence-corrected chi connectivity index (χ3v) is 3.88. The van der Waals surface area contributed by atoms with Crippen LogP contribution >= 0.6 is 0 Å². The van der Waals surface area contributed by atoms with E-state index in [0.717, 1.165) is 33.7 Å². The van der Waals surface area contributed by atoms with Crippen LogP contribution < -0.4 is 10.1 Å². The molecular formula is C19H23NO2. The molecule has 0 aromatic heterocycles. The number of ether oxygens (including phenoxy) is 1. The minimum Gasteiger partial charge on any atom is -0.481 e. The van der Waals surface area contributed by atoms with Crippen molar-refractivity contribution >= 4 is 11.6 Å². The maximum absolute atomic E-state index is 12.3. The topological polar surface area (TPSA) is 38.3 Å². The zero-order valence-corrected chi connectivity index (χ0v) is 13.9. The lowest BCUT2D eigenvalue weighted by Gasteiger charge is -2.18. The Labute approximate surface area is 132 Å². The van der Waals surface area contributed by atoms with Gasteiger partial charge < -0.3 is 10.1 Å². The lowest BCUT2D eigenvalue weighted by molar-refractivity contribution is -0.122. The molecule has 0 aliphatic carbocycles. The van der Waals surface area contributed by atoms with Crippen molar-refractivity contribution in [1.29, 1.82) is 0 Å². The van der Waals surface area contributed by atoms with Crippen LogP contribution in [-0.2, 0) is 4.79 Å². The Morgan fingerprint density at radius 2 is 1.77 bits per heavy atom. The second kappa shape index (κ2) is 6.65. The van der Waals surface area contributed by atoms with Crippen LogP contribution in [0.2, 0.25) is 0 Å². The minimum absolute atomic E-state index is 0.144. The summed E-state index contributed by atoms with van der Waals surface area (Å²) in [5.41, 5.74) is 5.21. The molecule has 0 fully saturated rings. The summed E-state index contributed by atoms with van der Waals surface area (Å²) in [6.07, 6.45) is -0.555. The molecule has 0 bridgehead atoms. The second-order valence-corrected chi connectivity index (χ2v) is 5.77. The number of aryl methyl sites for hydroxylation is 3. The smallest absolute Gasteiger partial charge is 0.265 e. The highest BCUT2D eigenvalue weighted by atomic mass is 16.5. The van der Waals surface area contributed by atoms with Gasteiger partial charge in [-0.25, -0.2) is 0 Å². The SMILES string of the molecule is Cc1ccc(C)c(OC(C)C(=O)Nc2cccc(C)c2C)c1. The molecule has 22 heavy (non-hydrogen) atoms. The molecule has 1 amide bonds.